The number of carbonyl (C=O) groups excluding carboxylic acids is 1. The van der Waals surface area contributed by atoms with Gasteiger partial charge in [0.05, 0.1) is 25.0 Å². The highest BCUT2D eigenvalue weighted by atomic mass is 32.1. The minimum Gasteiger partial charge on any atom is -0.465 e. The van der Waals surface area contributed by atoms with Crippen LogP contribution < -0.4 is 10.6 Å². The molecule has 2 unspecified atom stereocenters. The summed E-state index contributed by atoms with van der Waals surface area (Å²) in [6.45, 7) is 0.382. The molecule has 1 aliphatic rings. The van der Waals surface area contributed by atoms with Gasteiger partial charge in [-0.25, -0.2) is 4.79 Å². The first-order chi connectivity index (χ1) is 8.99. The molecule has 7 nitrogen and oxygen atoms in total. The van der Waals surface area contributed by atoms with Gasteiger partial charge in [-0.15, -0.1) is 11.3 Å². The highest BCUT2D eigenvalue weighted by Gasteiger charge is 2.34. The Bertz CT molecular complexity index is 541. The van der Waals surface area contributed by atoms with Gasteiger partial charge in [0.25, 0.3) is 0 Å². The zero-order valence-electron chi connectivity index (χ0n) is 10.2. The third kappa shape index (κ3) is 2.23. The molecule has 0 amide bonds. The summed E-state index contributed by atoms with van der Waals surface area (Å²) in [5.74, 6) is -0.606. The van der Waals surface area contributed by atoms with Crippen LogP contribution in [0.25, 0.3) is 0 Å². The molecule has 102 valence electrons. The Balaban J connectivity index is 2.42. The van der Waals surface area contributed by atoms with Gasteiger partial charge in [-0.1, -0.05) is 0 Å². The van der Waals surface area contributed by atoms with Gasteiger partial charge in [-0.3, -0.25) is 0 Å². The van der Waals surface area contributed by atoms with E-state index in [1.165, 1.54) is 7.11 Å². The first-order valence-electron chi connectivity index (χ1n) is 5.51. The van der Waals surface area contributed by atoms with Crippen molar-refractivity contribution in [1.29, 1.82) is 5.26 Å². The summed E-state index contributed by atoms with van der Waals surface area (Å²) in [5.41, 5.74) is 6.01. The number of aliphatic hydroxyl groups is 2. The van der Waals surface area contributed by atoms with Gasteiger partial charge >= 0.3 is 5.97 Å². The number of nitrogens with two attached hydrogens (primary N) is 1. The Labute approximate surface area is 113 Å². The summed E-state index contributed by atoms with van der Waals surface area (Å²) in [6.07, 6.45) is -1.76. The zero-order chi connectivity index (χ0) is 14.2. The number of ether oxygens (including phenoxy) is 1. The maximum Gasteiger partial charge on any atom is 0.350 e. The number of nitrogen functional groups attached to an aromatic ring is 1. The second kappa shape index (κ2) is 5.05. The number of thiophene rings is 1. The van der Waals surface area contributed by atoms with Gasteiger partial charge in [0, 0.05) is 13.1 Å². The smallest absolute Gasteiger partial charge is 0.350 e. The Hall–Kier alpha value is -1.82. The van der Waals surface area contributed by atoms with Crippen molar-refractivity contribution < 1.29 is 19.7 Å². The van der Waals surface area contributed by atoms with E-state index in [4.69, 9.17) is 11.0 Å². The third-order valence-electron chi connectivity index (χ3n) is 2.96. The number of nitriles is 1. The third-order valence-corrected chi connectivity index (χ3v) is 4.20. The van der Waals surface area contributed by atoms with Gasteiger partial charge in [-0.05, 0) is 0 Å². The molecule has 0 spiro atoms. The maximum absolute atomic E-state index is 11.5. The summed E-state index contributed by atoms with van der Waals surface area (Å²) in [4.78, 5) is 13.3. The number of nitrogens with zero attached hydrogens (tertiary/aromatic N) is 2. The predicted octanol–water partition coefficient (Wildman–Crippen LogP) is -0.470. The average molecular weight is 283 g/mol. The van der Waals surface area contributed by atoms with E-state index in [0.717, 1.165) is 11.3 Å². The van der Waals surface area contributed by atoms with E-state index in [9.17, 15) is 15.0 Å². The van der Waals surface area contributed by atoms with Gasteiger partial charge < -0.3 is 25.6 Å². The molecule has 1 saturated heterocycles. The van der Waals surface area contributed by atoms with Crippen molar-refractivity contribution in [3.05, 3.63) is 10.4 Å². The molecule has 0 aromatic carbocycles. The van der Waals surface area contributed by atoms with E-state index in [-0.39, 0.29) is 29.2 Å². The molecular formula is C11H13N3O4S. The van der Waals surface area contributed by atoms with Crippen LogP contribution in [-0.4, -0.2) is 48.6 Å². The van der Waals surface area contributed by atoms with Crippen LogP contribution in [0.2, 0.25) is 0 Å². The minimum atomic E-state index is -0.878. The van der Waals surface area contributed by atoms with Crippen molar-refractivity contribution in [2.24, 2.45) is 0 Å². The lowest BCUT2D eigenvalue weighted by Crippen LogP contribution is -2.22. The minimum absolute atomic E-state index is 0.0743. The van der Waals surface area contributed by atoms with Crippen molar-refractivity contribution in [3.8, 4) is 6.07 Å². The standard InChI is InChI=1S/C11H13N3O4S/c1-18-11(17)9-8(13)5(2-12)10(19-9)14-3-6(15)7(16)4-14/h6-7,15-16H,3-4,13H2,1H3. The molecule has 1 aromatic heterocycles. The highest BCUT2D eigenvalue weighted by molar-refractivity contribution is 7.18. The first kappa shape index (κ1) is 13.6. The largest absolute Gasteiger partial charge is 0.465 e. The van der Waals surface area contributed by atoms with E-state index in [0.29, 0.717) is 5.00 Å². The van der Waals surface area contributed by atoms with Crippen molar-refractivity contribution in [2.45, 2.75) is 12.2 Å². The molecule has 19 heavy (non-hydrogen) atoms. The Morgan fingerprint density at radius 2 is 2.11 bits per heavy atom. The predicted molar refractivity (Wildman–Crippen MR) is 69.0 cm³/mol. The molecule has 2 rings (SSSR count). The molecule has 2 heterocycles. The van der Waals surface area contributed by atoms with Gasteiger partial charge in [-0.2, -0.15) is 5.26 Å². The van der Waals surface area contributed by atoms with E-state index in [1.54, 1.807) is 4.90 Å². The fourth-order valence-corrected chi connectivity index (χ4v) is 3.05. The first-order valence-corrected chi connectivity index (χ1v) is 6.33. The quantitative estimate of drug-likeness (QED) is 0.627. The Morgan fingerprint density at radius 1 is 1.53 bits per heavy atom. The number of hydrogen-bond donors (Lipinski definition) is 3. The fraction of sp³-hybridized carbons (Fsp3) is 0.455. The van der Waals surface area contributed by atoms with Gasteiger partial charge in [0.15, 0.2) is 0 Å². The van der Waals surface area contributed by atoms with Gasteiger partial charge in [0.2, 0.25) is 0 Å². The van der Waals surface area contributed by atoms with E-state index >= 15 is 0 Å². The van der Waals surface area contributed by atoms with Crippen LogP contribution in [0.15, 0.2) is 0 Å². The number of esters is 1. The van der Waals surface area contributed by atoms with Crippen LogP contribution in [0.4, 0.5) is 10.7 Å². The molecule has 1 fully saturated rings. The molecule has 1 aliphatic heterocycles. The number of hydrogen-bond acceptors (Lipinski definition) is 8. The second-order valence-corrected chi connectivity index (χ2v) is 5.17. The molecule has 8 heteroatoms. The SMILES string of the molecule is COC(=O)c1sc(N2CC(O)C(O)C2)c(C#N)c1N. The van der Waals surface area contributed by atoms with Crippen molar-refractivity contribution in [3.63, 3.8) is 0 Å². The van der Waals surface area contributed by atoms with E-state index in [2.05, 4.69) is 4.74 Å². The molecule has 0 radical (unpaired) electrons. The lowest BCUT2D eigenvalue weighted by Gasteiger charge is -2.15. The summed E-state index contributed by atoms with van der Waals surface area (Å²) < 4.78 is 4.60. The summed E-state index contributed by atoms with van der Waals surface area (Å²) in [7, 11) is 1.23. The lowest BCUT2D eigenvalue weighted by atomic mass is 10.2. The lowest BCUT2D eigenvalue weighted by molar-refractivity contribution is 0.0572. The monoisotopic (exact) mass is 283 g/mol. The number of aliphatic hydroxyl groups excluding tert-OH is 2. The summed E-state index contributed by atoms with van der Waals surface area (Å²) in [5, 5.41) is 28.7. The number of β-amino-alcohol motifs (C(OH)–C–C–N with tert-alkyl or cyclic N) is 2. The summed E-state index contributed by atoms with van der Waals surface area (Å²) >= 11 is 1.03. The maximum atomic E-state index is 11.5. The number of carbonyl (C=O) groups is 1. The molecule has 0 aliphatic carbocycles. The molecule has 0 saturated carbocycles. The Kier molecular flexibility index (Phi) is 3.61. The second-order valence-electron chi connectivity index (χ2n) is 4.17. The van der Waals surface area contributed by atoms with Crippen LogP contribution in [0.5, 0.6) is 0 Å². The highest BCUT2D eigenvalue weighted by Crippen LogP contribution is 2.39. The fourth-order valence-electron chi connectivity index (χ4n) is 1.94. The van der Waals surface area contributed by atoms with Gasteiger partial charge in [0.1, 0.15) is 21.5 Å². The molecular weight excluding hydrogens is 270 g/mol. The molecule has 0 bridgehead atoms. The normalized spacial score (nSPS) is 22.3. The van der Waals surface area contributed by atoms with Crippen LogP contribution in [-0.2, 0) is 4.74 Å². The van der Waals surface area contributed by atoms with Crippen LogP contribution in [0.3, 0.4) is 0 Å². The summed E-state index contributed by atoms with van der Waals surface area (Å²) in [6, 6.07) is 1.94. The molecule has 4 N–H and O–H groups in total. The number of methoxy groups -OCH3 is 1. The Morgan fingerprint density at radius 3 is 2.58 bits per heavy atom. The van der Waals surface area contributed by atoms with Crippen molar-refractivity contribution in [2.75, 3.05) is 30.8 Å². The van der Waals surface area contributed by atoms with Crippen molar-refractivity contribution in [1.82, 2.24) is 0 Å². The topological polar surface area (TPSA) is 120 Å². The zero-order valence-corrected chi connectivity index (χ0v) is 11.0. The van der Waals surface area contributed by atoms with E-state index in [1.807, 2.05) is 6.07 Å². The molecule has 2 atom stereocenters. The number of rotatable bonds is 2. The molecule has 1 aromatic rings. The number of anilines is 2. The van der Waals surface area contributed by atoms with Crippen LogP contribution in [0.1, 0.15) is 15.2 Å². The van der Waals surface area contributed by atoms with Crippen LogP contribution in [0, 0.1) is 11.3 Å². The van der Waals surface area contributed by atoms with Crippen molar-refractivity contribution >= 4 is 28.0 Å². The average Bonchev–Trinajstić information content (AvgIpc) is 2.89. The van der Waals surface area contributed by atoms with E-state index < -0.39 is 18.2 Å². The van der Waals surface area contributed by atoms with Crippen LogP contribution >= 0.6 is 11.3 Å².